The predicted molar refractivity (Wildman–Crippen MR) is 69.5 cm³/mol. The molecule has 2 N–H and O–H groups in total. The maximum absolute atomic E-state index is 13.6. The number of benzene rings is 1. The first-order valence-corrected chi connectivity index (χ1v) is 6.15. The summed E-state index contributed by atoms with van der Waals surface area (Å²) in [7, 11) is 1.56. The highest BCUT2D eigenvalue weighted by Crippen LogP contribution is 2.21. The van der Waals surface area contributed by atoms with E-state index in [1.807, 2.05) is 0 Å². The Morgan fingerprint density at radius 1 is 1.47 bits per heavy atom. The normalized spacial score (nSPS) is 15.7. The van der Waals surface area contributed by atoms with Crippen LogP contribution in [0.3, 0.4) is 0 Å². The maximum atomic E-state index is 13.6. The SMILES string of the molecule is CNc1c(F)cccc1C(=O)N1CCCNC(=O)C1. The molecule has 2 amide bonds. The summed E-state index contributed by atoms with van der Waals surface area (Å²) in [6, 6.07) is 4.33. The van der Waals surface area contributed by atoms with Crippen LogP contribution in [0.15, 0.2) is 18.2 Å². The summed E-state index contributed by atoms with van der Waals surface area (Å²) in [4.78, 5) is 25.3. The molecule has 0 aromatic heterocycles. The summed E-state index contributed by atoms with van der Waals surface area (Å²) in [6.07, 6.45) is 0.696. The van der Waals surface area contributed by atoms with Gasteiger partial charge in [-0.05, 0) is 18.6 Å². The molecule has 1 aromatic rings. The van der Waals surface area contributed by atoms with E-state index in [1.165, 1.54) is 17.0 Å². The highest BCUT2D eigenvalue weighted by Gasteiger charge is 2.23. The van der Waals surface area contributed by atoms with Crippen LogP contribution >= 0.6 is 0 Å². The van der Waals surface area contributed by atoms with Crippen LogP contribution in [0.5, 0.6) is 0 Å². The molecule has 0 spiro atoms. The number of halogens is 1. The number of amides is 2. The minimum Gasteiger partial charge on any atom is -0.385 e. The van der Waals surface area contributed by atoms with Crippen molar-refractivity contribution in [2.75, 3.05) is 32.0 Å². The van der Waals surface area contributed by atoms with Crippen LogP contribution in [0.2, 0.25) is 0 Å². The van der Waals surface area contributed by atoms with Gasteiger partial charge in [-0.25, -0.2) is 4.39 Å². The lowest BCUT2D eigenvalue weighted by Crippen LogP contribution is -2.37. The van der Waals surface area contributed by atoms with Gasteiger partial charge in [0.1, 0.15) is 5.82 Å². The Labute approximate surface area is 110 Å². The molecule has 1 aliphatic heterocycles. The summed E-state index contributed by atoms with van der Waals surface area (Å²) in [5.74, 6) is -0.998. The fourth-order valence-corrected chi connectivity index (χ4v) is 2.11. The Hall–Kier alpha value is -2.11. The molecule has 102 valence electrons. The maximum Gasteiger partial charge on any atom is 0.256 e. The highest BCUT2D eigenvalue weighted by atomic mass is 19.1. The third kappa shape index (κ3) is 2.83. The standard InChI is InChI=1S/C13H16FN3O2/c1-15-12-9(4-2-5-10(12)14)13(19)17-7-3-6-16-11(18)8-17/h2,4-5,15H,3,6-8H2,1H3,(H,16,18). The van der Waals surface area contributed by atoms with E-state index in [9.17, 15) is 14.0 Å². The van der Waals surface area contributed by atoms with E-state index >= 15 is 0 Å². The van der Waals surface area contributed by atoms with Crippen LogP contribution in [0, 0.1) is 5.82 Å². The van der Waals surface area contributed by atoms with Gasteiger partial charge in [0.2, 0.25) is 5.91 Å². The van der Waals surface area contributed by atoms with Crippen molar-refractivity contribution in [1.82, 2.24) is 10.2 Å². The van der Waals surface area contributed by atoms with Crippen molar-refractivity contribution in [1.29, 1.82) is 0 Å². The van der Waals surface area contributed by atoms with Gasteiger partial charge < -0.3 is 15.5 Å². The van der Waals surface area contributed by atoms with E-state index in [-0.39, 0.29) is 29.6 Å². The molecule has 1 aliphatic rings. The molecular weight excluding hydrogens is 249 g/mol. The zero-order valence-electron chi connectivity index (χ0n) is 10.7. The number of anilines is 1. The molecule has 1 heterocycles. The van der Waals surface area contributed by atoms with Crippen LogP contribution in [0.1, 0.15) is 16.8 Å². The minimum absolute atomic E-state index is 0.0124. The van der Waals surface area contributed by atoms with Crippen LogP contribution in [-0.2, 0) is 4.79 Å². The van der Waals surface area contributed by atoms with Gasteiger partial charge in [0, 0.05) is 20.1 Å². The van der Waals surface area contributed by atoms with Gasteiger partial charge >= 0.3 is 0 Å². The van der Waals surface area contributed by atoms with Gasteiger partial charge in [-0.15, -0.1) is 0 Å². The second-order valence-electron chi connectivity index (χ2n) is 4.34. The van der Waals surface area contributed by atoms with Crippen molar-refractivity contribution in [3.8, 4) is 0 Å². The molecular formula is C13H16FN3O2. The van der Waals surface area contributed by atoms with E-state index in [0.717, 1.165) is 0 Å². The zero-order chi connectivity index (χ0) is 13.8. The molecule has 6 heteroatoms. The van der Waals surface area contributed by atoms with Crippen molar-refractivity contribution < 1.29 is 14.0 Å². The minimum atomic E-state index is -0.479. The molecule has 0 aliphatic carbocycles. The van der Waals surface area contributed by atoms with Gasteiger partial charge in [-0.3, -0.25) is 9.59 Å². The number of para-hydroxylation sites is 1. The number of rotatable bonds is 2. The van der Waals surface area contributed by atoms with Crippen molar-refractivity contribution in [3.05, 3.63) is 29.6 Å². The summed E-state index contributed by atoms with van der Waals surface area (Å²) >= 11 is 0. The largest absolute Gasteiger partial charge is 0.385 e. The zero-order valence-corrected chi connectivity index (χ0v) is 10.7. The fourth-order valence-electron chi connectivity index (χ4n) is 2.11. The number of carbonyl (C=O) groups excluding carboxylic acids is 2. The Morgan fingerprint density at radius 3 is 3.00 bits per heavy atom. The average molecular weight is 265 g/mol. The molecule has 1 fully saturated rings. The third-order valence-electron chi connectivity index (χ3n) is 3.04. The van der Waals surface area contributed by atoms with Crippen LogP contribution in [0.4, 0.5) is 10.1 Å². The van der Waals surface area contributed by atoms with Crippen molar-refractivity contribution >= 4 is 17.5 Å². The van der Waals surface area contributed by atoms with Gasteiger partial charge in [-0.2, -0.15) is 0 Å². The second-order valence-corrected chi connectivity index (χ2v) is 4.34. The molecule has 0 atom stereocenters. The van der Waals surface area contributed by atoms with Gasteiger partial charge in [0.25, 0.3) is 5.91 Å². The van der Waals surface area contributed by atoms with Gasteiger partial charge in [0.15, 0.2) is 0 Å². The van der Waals surface area contributed by atoms with E-state index in [0.29, 0.717) is 19.5 Å². The van der Waals surface area contributed by atoms with Crippen molar-refractivity contribution in [3.63, 3.8) is 0 Å². The summed E-state index contributed by atoms with van der Waals surface area (Å²) < 4.78 is 13.6. The lowest BCUT2D eigenvalue weighted by molar-refractivity contribution is -0.121. The Kier molecular flexibility index (Phi) is 3.99. The highest BCUT2D eigenvalue weighted by molar-refractivity contribution is 6.01. The first kappa shape index (κ1) is 13.3. The molecule has 2 rings (SSSR count). The summed E-state index contributed by atoms with van der Waals surface area (Å²) in [5.41, 5.74) is 0.411. The number of nitrogens with one attached hydrogen (secondary N) is 2. The molecule has 0 saturated carbocycles. The van der Waals surface area contributed by atoms with E-state index in [4.69, 9.17) is 0 Å². The Balaban J connectivity index is 2.28. The molecule has 5 nitrogen and oxygen atoms in total. The van der Waals surface area contributed by atoms with Crippen molar-refractivity contribution in [2.45, 2.75) is 6.42 Å². The molecule has 1 aromatic carbocycles. The predicted octanol–water partition coefficient (Wildman–Crippen LogP) is 0.829. The van der Waals surface area contributed by atoms with Gasteiger partial charge in [0.05, 0.1) is 17.8 Å². The van der Waals surface area contributed by atoms with Crippen LogP contribution in [-0.4, -0.2) is 43.4 Å². The van der Waals surface area contributed by atoms with E-state index < -0.39 is 5.82 Å². The quantitative estimate of drug-likeness (QED) is 0.832. The molecule has 0 unspecified atom stereocenters. The van der Waals surface area contributed by atoms with E-state index in [2.05, 4.69) is 10.6 Å². The third-order valence-corrected chi connectivity index (χ3v) is 3.04. The average Bonchev–Trinajstić information content (AvgIpc) is 2.62. The number of hydrogen-bond acceptors (Lipinski definition) is 3. The molecule has 0 bridgehead atoms. The Morgan fingerprint density at radius 2 is 2.26 bits per heavy atom. The molecule has 0 radical (unpaired) electrons. The summed E-state index contributed by atoms with van der Waals surface area (Å²) in [5, 5.41) is 5.39. The lowest BCUT2D eigenvalue weighted by Gasteiger charge is -2.20. The Bertz CT molecular complexity index is 505. The second kappa shape index (κ2) is 5.69. The topological polar surface area (TPSA) is 61.4 Å². The van der Waals surface area contributed by atoms with Crippen LogP contribution in [0.25, 0.3) is 0 Å². The number of carbonyl (C=O) groups is 2. The van der Waals surface area contributed by atoms with Crippen molar-refractivity contribution in [2.24, 2.45) is 0 Å². The fraction of sp³-hybridized carbons (Fsp3) is 0.385. The van der Waals surface area contributed by atoms with E-state index in [1.54, 1.807) is 13.1 Å². The lowest BCUT2D eigenvalue weighted by atomic mass is 10.1. The number of nitrogens with zero attached hydrogens (tertiary/aromatic N) is 1. The smallest absolute Gasteiger partial charge is 0.256 e. The first-order chi connectivity index (χ1) is 9.13. The monoisotopic (exact) mass is 265 g/mol. The first-order valence-electron chi connectivity index (χ1n) is 6.15. The van der Waals surface area contributed by atoms with Crippen LogP contribution < -0.4 is 10.6 Å². The number of hydrogen-bond donors (Lipinski definition) is 2. The molecule has 1 saturated heterocycles. The molecule has 19 heavy (non-hydrogen) atoms. The van der Waals surface area contributed by atoms with Gasteiger partial charge in [-0.1, -0.05) is 6.07 Å². The summed E-state index contributed by atoms with van der Waals surface area (Å²) in [6.45, 7) is 1.06.